The van der Waals surface area contributed by atoms with Crippen LogP contribution in [0.1, 0.15) is 36.6 Å². The van der Waals surface area contributed by atoms with E-state index < -0.39 is 0 Å². The van der Waals surface area contributed by atoms with E-state index in [1.807, 2.05) is 53.8 Å². The van der Waals surface area contributed by atoms with Gasteiger partial charge in [-0.3, -0.25) is 9.48 Å². The SMILES string of the molecule is Cc1ccnn1CCC(=O)N1CCC[C@@H]1c1ccnc(N(C)C)c1. The molecule has 1 aliphatic heterocycles. The molecule has 3 rings (SSSR count). The summed E-state index contributed by atoms with van der Waals surface area (Å²) in [5.74, 6) is 1.13. The topological polar surface area (TPSA) is 54.3 Å². The Kier molecular flexibility index (Phi) is 4.83. The fraction of sp³-hybridized carbons (Fsp3) is 0.500. The number of aryl methyl sites for hydroxylation is 2. The number of rotatable bonds is 5. The van der Waals surface area contributed by atoms with Crippen LogP contribution in [-0.4, -0.2) is 46.2 Å². The van der Waals surface area contributed by atoms with Gasteiger partial charge in [0.05, 0.1) is 6.04 Å². The van der Waals surface area contributed by atoms with E-state index >= 15 is 0 Å². The van der Waals surface area contributed by atoms with Gasteiger partial charge in [-0.05, 0) is 43.5 Å². The molecule has 128 valence electrons. The van der Waals surface area contributed by atoms with Crippen LogP contribution < -0.4 is 4.90 Å². The van der Waals surface area contributed by atoms with Gasteiger partial charge in [0, 0.05) is 51.7 Å². The van der Waals surface area contributed by atoms with Crippen LogP contribution in [0, 0.1) is 6.92 Å². The lowest BCUT2D eigenvalue weighted by Crippen LogP contribution is -2.31. The van der Waals surface area contributed by atoms with Crippen molar-refractivity contribution in [1.82, 2.24) is 19.7 Å². The maximum Gasteiger partial charge on any atom is 0.224 e. The minimum absolute atomic E-state index is 0.165. The number of nitrogens with zero attached hydrogens (tertiary/aromatic N) is 5. The van der Waals surface area contributed by atoms with E-state index in [0.717, 1.165) is 30.9 Å². The highest BCUT2D eigenvalue weighted by Gasteiger charge is 2.30. The molecular formula is C18H25N5O. The van der Waals surface area contributed by atoms with Gasteiger partial charge < -0.3 is 9.80 Å². The van der Waals surface area contributed by atoms with E-state index in [9.17, 15) is 4.79 Å². The molecule has 0 aromatic carbocycles. The van der Waals surface area contributed by atoms with Crippen LogP contribution in [0.15, 0.2) is 30.6 Å². The van der Waals surface area contributed by atoms with Crippen molar-refractivity contribution >= 4 is 11.7 Å². The fourth-order valence-corrected chi connectivity index (χ4v) is 3.28. The highest BCUT2D eigenvalue weighted by molar-refractivity contribution is 5.77. The summed E-state index contributed by atoms with van der Waals surface area (Å²) < 4.78 is 1.89. The first-order valence-electron chi connectivity index (χ1n) is 8.47. The van der Waals surface area contributed by atoms with Crippen LogP contribution in [0.2, 0.25) is 0 Å². The Morgan fingerprint density at radius 2 is 2.17 bits per heavy atom. The van der Waals surface area contributed by atoms with Crippen LogP contribution in [0.25, 0.3) is 0 Å². The molecule has 0 bridgehead atoms. The molecule has 24 heavy (non-hydrogen) atoms. The summed E-state index contributed by atoms with van der Waals surface area (Å²) in [7, 11) is 3.96. The van der Waals surface area contributed by atoms with Gasteiger partial charge in [0.1, 0.15) is 5.82 Å². The van der Waals surface area contributed by atoms with Crippen LogP contribution in [0.4, 0.5) is 5.82 Å². The molecular weight excluding hydrogens is 302 g/mol. The lowest BCUT2D eigenvalue weighted by molar-refractivity contribution is -0.132. The predicted molar refractivity (Wildman–Crippen MR) is 93.8 cm³/mol. The first kappa shape index (κ1) is 16.5. The maximum atomic E-state index is 12.7. The van der Waals surface area contributed by atoms with Gasteiger partial charge in [-0.25, -0.2) is 4.98 Å². The van der Waals surface area contributed by atoms with Crippen LogP contribution in [-0.2, 0) is 11.3 Å². The van der Waals surface area contributed by atoms with Crippen LogP contribution in [0.3, 0.4) is 0 Å². The summed E-state index contributed by atoms with van der Waals surface area (Å²) in [4.78, 5) is 21.1. The van der Waals surface area contributed by atoms with Crippen molar-refractivity contribution in [3.05, 3.63) is 41.9 Å². The Morgan fingerprint density at radius 3 is 2.88 bits per heavy atom. The lowest BCUT2D eigenvalue weighted by atomic mass is 10.1. The number of carbonyl (C=O) groups excluding carboxylic acids is 1. The predicted octanol–water partition coefficient (Wildman–Crippen LogP) is 2.41. The third kappa shape index (κ3) is 3.42. The Labute approximate surface area is 143 Å². The molecule has 1 aliphatic rings. The Hall–Kier alpha value is -2.37. The lowest BCUT2D eigenvalue weighted by Gasteiger charge is -2.26. The largest absolute Gasteiger partial charge is 0.363 e. The van der Waals surface area contributed by atoms with Gasteiger partial charge in [0.15, 0.2) is 0 Å². The van der Waals surface area contributed by atoms with Crippen LogP contribution >= 0.6 is 0 Å². The normalized spacial score (nSPS) is 17.3. The molecule has 0 radical (unpaired) electrons. The van der Waals surface area contributed by atoms with Crippen molar-refractivity contribution in [2.45, 2.75) is 38.8 Å². The summed E-state index contributed by atoms with van der Waals surface area (Å²) in [5, 5.41) is 4.25. The molecule has 6 nitrogen and oxygen atoms in total. The summed E-state index contributed by atoms with van der Waals surface area (Å²) in [6.07, 6.45) is 6.17. The minimum atomic E-state index is 0.165. The zero-order chi connectivity index (χ0) is 17.1. The van der Waals surface area contributed by atoms with E-state index in [-0.39, 0.29) is 11.9 Å². The number of aromatic nitrogens is 3. The second-order valence-electron chi connectivity index (χ2n) is 6.53. The molecule has 0 saturated carbocycles. The molecule has 0 spiro atoms. The number of pyridine rings is 1. The van der Waals surface area contributed by atoms with E-state index in [0.29, 0.717) is 13.0 Å². The van der Waals surface area contributed by atoms with E-state index in [4.69, 9.17) is 0 Å². The van der Waals surface area contributed by atoms with Crippen molar-refractivity contribution < 1.29 is 4.79 Å². The molecule has 0 aliphatic carbocycles. The Morgan fingerprint density at radius 1 is 1.33 bits per heavy atom. The van der Waals surface area contributed by atoms with Crippen molar-refractivity contribution in [2.24, 2.45) is 0 Å². The molecule has 1 amide bonds. The number of hydrogen-bond acceptors (Lipinski definition) is 4. The molecule has 6 heteroatoms. The highest BCUT2D eigenvalue weighted by Crippen LogP contribution is 2.33. The standard InChI is InChI=1S/C18H25N5O/c1-14-6-10-20-23(14)12-8-18(24)22-11-4-5-16(22)15-7-9-19-17(13-15)21(2)3/h6-7,9-10,13,16H,4-5,8,11-12H2,1-3H3/t16-/m1/s1. The van der Waals surface area contributed by atoms with Gasteiger partial charge in [0.25, 0.3) is 0 Å². The number of hydrogen-bond donors (Lipinski definition) is 0. The van der Waals surface area contributed by atoms with Gasteiger partial charge >= 0.3 is 0 Å². The summed E-state index contributed by atoms with van der Waals surface area (Å²) in [5.41, 5.74) is 2.26. The molecule has 1 fully saturated rings. The van der Waals surface area contributed by atoms with E-state index in [1.54, 1.807) is 6.20 Å². The van der Waals surface area contributed by atoms with E-state index in [1.165, 1.54) is 5.56 Å². The monoisotopic (exact) mass is 327 g/mol. The van der Waals surface area contributed by atoms with Crippen molar-refractivity contribution in [3.63, 3.8) is 0 Å². The molecule has 0 unspecified atom stereocenters. The van der Waals surface area contributed by atoms with Crippen molar-refractivity contribution in [2.75, 3.05) is 25.5 Å². The molecule has 1 saturated heterocycles. The quantitative estimate of drug-likeness (QED) is 0.846. The van der Waals surface area contributed by atoms with Crippen molar-refractivity contribution in [3.8, 4) is 0 Å². The molecule has 0 N–H and O–H groups in total. The zero-order valence-corrected chi connectivity index (χ0v) is 14.6. The molecule has 2 aromatic heterocycles. The van der Waals surface area contributed by atoms with Gasteiger partial charge in [-0.1, -0.05) is 0 Å². The maximum absolute atomic E-state index is 12.7. The number of carbonyl (C=O) groups is 1. The number of amides is 1. The van der Waals surface area contributed by atoms with Crippen LogP contribution in [0.5, 0.6) is 0 Å². The molecule has 2 aromatic rings. The third-order valence-corrected chi connectivity index (χ3v) is 4.65. The van der Waals surface area contributed by atoms with Gasteiger partial charge in [0.2, 0.25) is 5.91 Å². The van der Waals surface area contributed by atoms with Crippen molar-refractivity contribution in [1.29, 1.82) is 0 Å². The van der Waals surface area contributed by atoms with E-state index in [2.05, 4.69) is 16.1 Å². The third-order valence-electron chi connectivity index (χ3n) is 4.65. The molecule has 1 atom stereocenters. The summed E-state index contributed by atoms with van der Waals surface area (Å²) in [6.45, 7) is 3.48. The summed E-state index contributed by atoms with van der Waals surface area (Å²) >= 11 is 0. The summed E-state index contributed by atoms with van der Waals surface area (Å²) in [6, 6.07) is 6.25. The average Bonchev–Trinajstić information content (AvgIpc) is 3.21. The second-order valence-corrected chi connectivity index (χ2v) is 6.53. The number of likely N-dealkylation sites (tertiary alicyclic amines) is 1. The first-order chi connectivity index (χ1) is 11.6. The average molecular weight is 327 g/mol. The fourth-order valence-electron chi connectivity index (χ4n) is 3.28. The Balaban J connectivity index is 1.69. The highest BCUT2D eigenvalue weighted by atomic mass is 16.2. The number of anilines is 1. The van der Waals surface area contributed by atoms with Gasteiger partial charge in [-0.2, -0.15) is 5.10 Å². The molecule has 3 heterocycles. The smallest absolute Gasteiger partial charge is 0.224 e. The minimum Gasteiger partial charge on any atom is -0.363 e. The Bertz CT molecular complexity index is 709. The first-order valence-corrected chi connectivity index (χ1v) is 8.47. The van der Waals surface area contributed by atoms with Gasteiger partial charge in [-0.15, -0.1) is 0 Å². The second kappa shape index (κ2) is 7.03. The zero-order valence-electron chi connectivity index (χ0n) is 14.6.